The molecule has 7 nitrogen and oxygen atoms in total. The molecule has 1 aromatic carbocycles. The Morgan fingerprint density at radius 2 is 2.14 bits per heavy atom. The van der Waals surface area contributed by atoms with Crippen molar-refractivity contribution < 1.29 is 13.9 Å². The summed E-state index contributed by atoms with van der Waals surface area (Å²) in [5, 5.41) is 11.5. The molecule has 150 valence electrons. The summed E-state index contributed by atoms with van der Waals surface area (Å²) in [6.07, 6.45) is 7.21. The summed E-state index contributed by atoms with van der Waals surface area (Å²) in [5.74, 6) is 0.337. The van der Waals surface area contributed by atoms with E-state index in [0.29, 0.717) is 0 Å². The Kier molecular flexibility index (Phi) is 4.03. The zero-order valence-corrected chi connectivity index (χ0v) is 16.5. The summed E-state index contributed by atoms with van der Waals surface area (Å²) in [7, 11) is 0. The molecule has 1 N–H and O–H groups in total. The number of fused-ring (bicyclic) bond motifs is 1. The van der Waals surface area contributed by atoms with Crippen LogP contribution in [-0.2, 0) is 11.2 Å². The zero-order chi connectivity index (χ0) is 20.2. The molecule has 2 bridgehead atoms. The highest BCUT2D eigenvalue weighted by molar-refractivity contribution is 6.30. The van der Waals surface area contributed by atoms with Gasteiger partial charge in [0.2, 0.25) is 0 Å². The van der Waals surface area contributed by atoms with E-state index in [4.69, 9.17) is 16.3 Å². The van der Waals surface area contributed by atoms with Gasteiger partial charge in [-0.2, -0.15) is 0 Å². The molecule has 3 aliphatic carbocycles. The quantitative estimate of drug-likeness (QED) is 0.669. The Bertz CT molecular complexity index is 1110. The number of aromatic nitrogens is 4. The molecule has 9 heteroatoms. The Morgan fingerprint density at radius 1 is 1.34 bits per heavy atom. The monoisotopic (exact) mass is 415 g/mol. The zero-order valence-electron chi connectivity index (χ0n) is 15.8. The summed E-state index contributed by atoms with van der Waals surface area (Å²) in [6, 6.07) is 4.11. The normalized spacial score (nSPS) is 24.7. The Hall–Kier alpha value is -2.74. The SMILES string of the molecule is Cc1nnc2c(CC34CC(NC(=O)COc5ccc(Cl)c(F)c5)(C3)C4)nccn12. The van der Waals surface area contributed by atoms with Gasteiger partial charge in [0.1, 0.15) is 17.4 Å². The Balaban J connectivity index is 1.16. The molecule has 2 heterocycles. The molecular formula is C20H19ClFN5O2. The van der Waals surface area contributed by atoms with Gasteiger partial charge in [0.25, 0.3) is 5.91 Å². The van der Waals surface area contributed by atoms with Crippen LogP contribution >= 0.6 is 11.6 Å². The lowest BCUT2D eigenvalue weighted by Gasteiger charge is -2.70. The molecule has 3 aromatic rings. The Labute approximate surface area is 171 Å². The molecule has 0 saturated heterocycles. The summed E-state index contributed by atoms with van der Waals surface area (Å²) < 4.78 is 20.8. The molecule has 3 aliphatic rings. The standard InChI is InChI=1S/C20H19ClFN5O2/c1-12-25-26-18-16(23-4-5-27(12)18)7-19-9-20(10-19,11-19)24-17(28)8-29-13-2-3-14(21)15(22)6-13/h2-6H,7-11H2,1H3,(H,24,28). The van der Waals surface area contributed by atoms with Crippen molar-refractivity contribution in [1.82, 2.24) is 24.9 Å². The molecule has 0 aliphatic heterocycles. The molecule has 0 radical (unpaired) electrons. The summed E-state index contributed by atoms with van der Waals surface area (Å²) >= 11 is 5.64. The lowest BCUT2D eigenvalue weighted by atomic mass is 9.38. The van der Waals surface area contributed by atoms with Crippen LogP contribution in [0.1, 0.15) is 30.8 Å². The number of nitrogens with one attached hydrogen (secondary N) is 1. The van der Waals surface area contributed by atoms with E-state index < -0.39 is 5.82 Å². The van der Waals surface area contributed by atoms with Crippen LogP contribution in [0, 0.1) is 18.2 Å². The van der Waals surface area contributed by atoms with Crippen molar-refractivity contribution in [2.45, 2.75) is 38.1 Å². The number of amides is 1. The third-order valence-electron chi connectivity index (χ3n) is 5.92. The van der Waals surface area contributed by atoms with Crippen LogP contribution in [0.2, 0.25) is 5.02 Å². The first kappa shape index (κ1) is 18.3. The number of halogens is 2. The minimum absolute atomic E-state index is 0.0208. The van der Waals surface area contributed by atoms with E-state index in [0.717, 1.165) is 42.8 Å². The highest BCUT2D eigenvalue weighted by Crippen LogP contribution is 2.68. The minimum atomic E-state index is -0.572. The van der Waals surface area contributed by atoms with Crippen LogP contribution in [0.4, 0.5) is 4.39 Å². The van der Waals surface area contributed by atoms with Gasteiger partial charge in [0, 0.05) is 24.0 Å². The van der Waals surface area contributed by atoms with E-state index in [-0.39, 0.29) is 34.2 Å². The van der Waals surface area contributed by atoms with Gasteiger partial charge in [0.05, 0.1) is 10.7 Å². The molecule has 3 fully saturated rings. The fraction of sp³-hybridized carbons (Fsp3) is 0.400. The van der Waals surface area contributed by atoms with Crippen molar-refractivity contribution in [3.05, 3.63) is 53.0 Å². The number of benzene rings is 1. The van der Waals surface area contributed by atoms with Gasteiger partial charge in [-0.05, 0) is 50.2 Å². The second-order valence-corrected chi connectivity index (χ2v) is 8.62. The molecule has 0 spiro atoms. The first-order valence-corrected chi connectivity index (χ1v) is 9.79. The van der Waals surface area contributed by atoms with Crippen molar-refractivity contribution in [1.29, 1.82) is 0 Å². The fourth-order valence-electron chi connectivity index (χ4n) is 4.84. The topological polar surface area (TPSA) is 81.4 Å². The number of hydrogen-bond donors (Lipinski definition) is 1. The van der Waals surface area contributed by atoms with Crippen molar-refractivity contribution >= 4 is 23.2 Å². The second kappa shape index (κ2) is 6.38. The van der Waals surface area contributed by atoms with Gasteiger partial charge < -0.3 is 10.1 Å². The highest BCUT2D eigenvalue weighted by atomic mass is 35.5. The average Bonchev–Trinajstić information content (AvgIpc) is 3.02. The highest BCUT2D eigenvalue weighted by Gasteiger charge is 2.68. The maximum Gasteiger partial charge on any atom is 0.258 e. The first-order valence-electron chi connectivity index (χ1n) is 9.41. The smallest absolute Gasteiger partial charge is 0.258 e. The first-order chi connectivity index (χ1) is 13.9. The van der Waals surface area contributed by atoms with Gasteiger partial charge in [-0.3, -0.25) is 14.2 Å². The van der Waals surface area contributed by atoms with Crippen LogP contribution in [0.25, 0.3) is 5.65 Å². The predicted octanol–water partition coefficient (Wildman–Crippen LogP) is 2.89. The minimum Gasteiger partial charge on any atom is -0.484 e. The van der Waals surface area contributed by atoms with Gasteiger partial charge in [-0.15, -0.1) is 10.2 Å². The predicted molar refractivity (Wildman–Crippen MR) is 103 cm³/mol. The van der Waals surface area contributed by atoms with E-state index in [1.54, 1.807) is 6.20 Å². The number of ether oxygens (including phenoxy) is 1. The van der Waals surface area contributed by atoms with E-state index in [9.17, 15) is 9.18 Å². The lowest BCUT2D eigenvalue weighted by molar-refractivity contribution is -0.166. The molecule has 6 rings (SSSR count). The summed E-state index contributed by atoms with van der Waals surface area (Å²) in [5.41, 5.74) is 1.76. The second-order valence-electron chi connectivity index (χ2n) is 8.21. The van der Waals surface area contributed by atoms with Crippen molar-refractivity contribution in [2.24, 2.45) is 5.41 Å². The largest absolute Gasteiger partial charge is 0.484 e. The van der Waals surface area contributed by atoms with Crippen LogP contribution in [0.5, 0.6) is 5.75 Å². The summed E-state index contributed by atoms with van der Waals surface area (Å²) in [4.78, 5) is 16.8. The van der Waals surface area contributed by atoms with Gasteiger partial charge >= 0.3 is 0 Å². The fourth-order valence-corrected chi connectivity index (χ4v) is 4.96. The number of carbonyl (C=O) groups excluding carboxylic acids is 1. The lowest BCUT2D eigenvalue weighted by Crippen LogP contribution is -2.75. The maximum absolute atomic E-state index is 13.4. The number of hydrogen-bond acceptors (Lipinski definition) is 5. The number of rotatable bonds is 6. The Morgan fingerprint density at radius 3 is 2.90 bits per heavy atom. The molecule has 2 aromatic heterocycles. The average molecular weight is 416 g/mol. The van der Waals surface area contributed by atoms with Crippen LogP contribution in [0.15, 0.2) is 30.6 Å². The molecule has 0 unspecified atom stereocenters. The molecule has 29 heavy (non-hydrogen) atoms. The number of aryl methyl sites for hydroxylation is 1. The molecule has 3 saturated carbocycles. The van der Waals surface area contributed by atoms with Crippen molar-refractivity contribution in [2.75, 3.05) is 6.61 Å². The third kappa shape index (κ3) is 3.11. The molecular weight excluding hydrogens is 397 g/mol. The van der Waals surface area contributed by atoms with Gasteiger partial charge in [-0.25, -0.2) is 4.39 Å². The molecule has 1 amide bonds. The maximum atomic E-state index is 13.4. The number of carbonyl (C=O) groups is 1. The third-order valence-corrected chi connectivity index (χ3v) is 6.23. The van der Waals surface area contributed by atoms with E-state index in [1.807, 2.05) is 17.5 Å². The van der Waals surface area contributed by atoms with Crippen LogP contribution in [0.3, 0.4) is 0 Å². The van der Waals surface area contributed by atoms with Gasteiger partial charge in [-0.1, -0.05) is 11.6 Å². The summed E-state index contributed by atoms with van der Waals surface area (Å²) in [6.45, 7) is 1.76. The van der Waals surface area contributed by atoms with Crippen LogP contribution < -0.4 is 10.1 Å². The van der Waals surface area contributed by atoms with Crippen molar-refractivity contribution in [3.8, 4) is 5.75 Å². The van der Waals surface area contributed by atoms with E-state index in [1.165, 1.54) is 18.2 Å². The molecule has 0 atom stereocenters. The van der Waals surface area contributed by atoms with Gasteiger partial charge in [0.15, 0.2) is 12.3 Å². The van der Waals surface area contributed by atoms with E-state index >= 15 is 0 Å². The van der Waals surface area contributed by atoms with Crippen LogP contribution in [-0.4, -0.2) is 37.6 Å². The number of nitrogens with zero attached hydrogens (tertiary/aromatic N) is 4. The van der Waals surface area contributed by atoms with E-state index in [2.05, 4.69) is 20.5 Å². The van der Waals surface area contributed by atoms with Crippen molar-refractivity contribution in [3.63, 3.8) is 0 Å².